The van der Waals surface area contributed by atoms with Crippen molar-refractivity contribution in [1.29, 1.82) is 0 Å². The van der Waals surface area contributed by atoms with E-state index in [1.165, 1.54) is 0 Å². The summed E-state index contributed by atoms with van der Waals surface area (Å²) in [5.74, 6) is -0.0989. The quantitative estimate of drug-likeness (QED) is 0.718. The highest BCUT2D eigenvalue weighted by molar-refractivity contribution is 5.89. The lowest BCUT2D eigenvalue weighted by atomic mass is 9.97. The summed E-state index contributed by atoms with van der Waals surface area (Å²) in [6.07, 6.45) is 0.326. The second-order valence-corrected chi connectivity index (χ2v) is 6.24. The van der Waals surface area contributed by atoms with Gasteiger partial charge in [0.2, 0.25) is 0 Å². The second kappa shape index (κ2) is 8.56. The molecule has 128 valence electrons. The largest absolute Gasteiger partial charge is 0.490 e. The van der Waals surface area contributed by atoms with Gasteiger partial charge in [-0.1, -0.05) is 13.0 Å². The molecule has 0 saturated carbocycles. The van der Waals surface area contributed by atoms with Crippen molar-refractivity contribution in [2.45, 2.75) is 47.1 Å². The van der Waals surface area contributed by atoms with Gasteiger partial charge in [-0.05, 0) is 52.3 Å². The van der Waals surface area contributed by atoms with Crippen molar-refractivity contribution < 1.29 is 23.8 Å². The predicted molar refractivity (Wildman–Crippen MR) is 87.5 cm³/mol. The Morgan fingerprint density at radius 1 is 1.17 bits per heavy atom. The van der Waals surface area contributed by atoms with Crippen molar-refractivity contribution in [2.75, 3.05) is 13.2 Å². The maximum Gasteiger partial charge on any atom is 0.338 e. The Morgan fingerprint density at radius 2 is 1.87 bits per heavy atom. The van der Waals surface area contributed by atoms with E-state index in [0.717, 1.165) is 0 Å². The van der Waals surface area contributed by atoms with Crippen molar-refractivity contribution in [2.24, 2.45) is 5.41 Å². The van der Waals surface area contributed by atoms with E-state index in [-0.39, 0.29) is 24.6 Å². The highest BCUT2D eigenvalue weighted by Gasteiger charge is 2.26. The molecule has 1 atom stereocenters. The van der Waals surface area contributed by atoms with Gasteiger partial charge < -0.3 is 14.2 Å². The average molecular weight is 322 g/mol. The Labute approximate surface area is 137 Å². The lowest BCUT2D eigenvalue weighted by molar-refractivity contribution is -0.160. The molecule has 5 heteroatoms. The highest BCUT2D eigenvalue weighted by Crippen LogP contribution is 2.19. The maximum atomic E-state index is 11.9. The van der Waals surface area contributed by atoms with Gasteiger partial charge in [0.05, 0.1) is 17.6 Å². The zero-order valence-corrected chi connectivity index (χ0v) is 14.5. The van der Waals surface area contributed by atoms with Gasteiger partial charge in [0.15, 0.2) is 0 Å². The summed E-state index contributed by atoms with van der Waals surface area (Å²) in [5.41, 5.74) is -0.110. The monoisotopic (exact) mass is 322 g/mol. The normalized spacial score (nSPS) is 12.4. The molecule has 0 bridgehead atoms. The SMILES string of the molecule is CCOC(=O)c1cccc(OCC(CC)OC(=O)C(C)(C)C)c1. The van der Waals surface area contributed by atoms with Crippen LogP contribution < -0.4 is 4.74 Å². The molecular weight excluding hydrogens is 296 g/mol. The number of hydrogen-bond acceptors (Lipinski definition) is 5. The predicted octanol–water partition coefficient (Wildman–Crippen LogP) is 3.61. The van der Waals surface area contributed by atoms with E-state index in [9.17, 15) is 9.59 Å². The number of rotatable bonds is 7. The summed E-state index contributed by atoms with van der Waals surface area (Å²) >= 11 is 0. The minimum Gasteiger partial charge on any atom is -0.490 e. The Bertz CT molecular complexity index is 530. The summed E-state index contributed by atoms with van der Waals surface area (Å²) in [4.78, 5) is 23.6. The number of benzene rings is 1. The van der Waals surface area contributed by atoms with Crippen LogP contribution in [0.3, 0.4) is 0 Å². The number of esters is 2. The maximum absolute atomic E-state index is 11.9. The van der Waals surface area contributed by atoms with Crippen LogP contribution in [0.5, 0.6) is 5.75 Å². The van der Waals surface area contributed by atoms with Crippen molar-refractivity contribution in [3.8, 4) is 5.75 Å². The third-order valence-corrected chi connectivity index (χ3v) is 3.12. The minimum atomic E-state index is -0.544. The molecule has 0 fully saturated rings. The molecule has 0 amide bonds. The van der Waals surface area contributed by atoms with Crippen molar-refractivity contribution >= 4 is 11.9 Å². The fourth-order valence-corrected chi connectivity index (χ4v) is 1.68. The molecule has 1 rings (SSSR count). The van der Waals surface area contributed by atoms with Crippen LogP contribution in [0.15, 0.2) is 24.3 Å². The van der Waals surface area contributed by atoms with E-state index in [1.807, 2.05) is 27.7 Å². The summed E-state index contributed by atoms with van der Waals surface area (Å²) in [5, 5.41) is 0. The van der Waals surface area contributed by atoms with Gasteiger partial charge in [-0.25, -0.2) is 4.79 Å². The van der Waals surface area contributed by atoms with Crippen LogP contribution in [0.1, 0.15) is 51.4 Å². The third-order valence-electron chi connectivity index (χ3n) is 3.12. The Kier molecular flexibility index (Phi) is 7.07. The fraction of sp³-hybridized carbons (Fsp3) is 0.556. The van der Waals surface area contributed by atoms with E-state index >= 15 is 0 Å². The molecule has 0 spiro atoms. The zero-order valence-electron chi connectivity index (χ0n) is 14.5. The molecule has 1 aromatic rings. The fourth-order valence-electron chi connectivity index (χ4n) is 1.68. The Balaban J connectivity index is 2.64. The van der Waals surface area contributed by atoms with Crippen LogP contribution in [0.4, 0.5) is 0 Å². The number of carbonyl (C=O) groups is 2. The van der Waals surface area contributed by atoms with Gasteiger partial charge in [-0.15, -0.1) is 0 Å². The van der Waals surface area contributed by atoms with E-state index in [2.05, 4.69) is 0 Å². The highest BCUT2D eigenvalue weighted by atomic mass is 16.6. The van der Waals surface area contributed by atoms with Gasteiger partial charge >= 0.3 is 11.9 Å². The number of ether oxygens (including phenoxy) is 3. The molecule has 5 nitrogen and oxygen atoms in total. The van der Waals surface area contributed by atoms with Crippen LogP contribution in [0.2, 0.25) is 0 Å². The summed E-state index contributed by atoms with van der Waals surface area (Å²) in [6, 6.07) is 6.77. The molecule has 0 heterocycles. The lowest BCUT2D eigenvalue weighted by Gasteiger charge is -2.22. The van der Waals surface area contributed by atoms with E-state index in [0.29, 0.717) is 24.3 Å². The molecule has 0 aromatic heterocycles. The van der Waals surface area contributed by atoms with Crippen LogP contribution >= 0.6 is 0 Å². The first-order valence-electron chi connectivity index (χ1n) is 7.89. The van der Waals surface area contributed by atoms with E-state index in [4.69, 9.17) is 14.2 Å². The van der Waals surface area contributed by atoms with Gasteiger partial charge in [-0.3, -0.25) is 4.79 Å². The van der Waals surface area contributed by atoms with E-state index < -0.39 is 5.41 Å². The molecule has 0 N–H and O–H groups in total. The molecule has 0 saturated heterocycles. The average Bonchev–Trinajstić information content (AvgIpc) is 2.50. The Morgan fingerprint density at radius 3 is 2.43 bits per heavy atom. The molecular formula is C18H26O5. The first-order chi connectivity index (χ1) is 10.8. The number of carbonyl (C=O) groups excluding carboxylic acids is 2. The smallest absolute Gasteiger partial charge is 0.338 e. The molecule has 1 aromatic carbocycles. The van der Waals surface area contributed by atoms with Crippen LogP contribution in [-0.2, 0) is 14.3 Å². The molecule has 0 aliphatic carbocycles. The zero-order chi connectivity index (χ0) is 17.5. The van der Waals surface area contributed by atoms with Crippen molar-refractivity contribution in [1.82, 2.24) is 0 Å². The van der Waals surface area contributed by atoms with Gasteiger partial charge in [-0.2, -0.15) is 0 Å². The second-order valence-electron chi connectivity index (χ2n) is 6.24. The number of hydrogen-bond donors (Lipinski definition) is 0. The Hall–Kier alpha value is -2.04. The van der Waals surface area contributed by atoms with E-state index in [1.54, 1.807) is 31.2 Å². The molecule has 1 unspecified atom stereocenters. The van der Waals surface area contributed by atoms with Crippen LogP contribution in [0.25, 0.3) is 0 Å². The van der Waals surface area contributed by atoms with Gasteiger partial charge in [0, 0.05) is 0 Å². The minimum absolute atomic E-state index is 0.241. The van der Waals surface area contributed by atoms with Gasteiger partial charge in [0.1, 0.15) is 18.5 Å². The van der Waals surface area contributed by atoms with Crippen molar-refractivity contribution in [3.63, 3.8) is 0 Å². The molecule has 23 heavy (non-hydrogen) atoms. The first kappa shape index (κ1) is 19.0. The van der Waals surface area contributed by atoms with Gasteiger partial charge in [0.25, 0.3) is 0 Å². The van der Waals surface area contributed by atoms with Crippen LogP contribution in [0, 0.1) is 5.41 Å². The van der Waals surface area contributed by atoms with Crippen molar-refractivity contribution in [3.05, 3.63) is 29.8 Å². The first-order valence-corrected chi connectivity index (χ1v) is 7.89. The molecule has 0 radical (unpaired) electrons. The standard InChI is InChI=1S/C18H26O5/c1-6-14(23-17(20)18(3,4)5)12-22-15-10-8-9-13(11-15)16(19)21-7-2/h8-11,14H,6-7,12H2,1-5H3. The molecule has 0 aliphatic rings. The summed E-state index contributed by atoms with van der Waals surface area (Å²) in [7, 11) is 0. The molecule has 0 aliphatic heterocycles. The third kappa shape index (κ3) is 6.30. The summed E-state index contributed by atoms with van der Waals surface area (Å²) < 4.78 is 16.1. The van der Waals surface area contributed by atoms with Crippen LogP contribution in [-0.4, -0.2) is 31.3 Å². The topological polar surface area (TPSA) is 61.8 Å². The lowest BCUT2D eigenvalue weighted by Crippen LogP contribution is -2.31. The summed E-state index contributed by atoms with van der Waals surface area (Å²) in [6.45, 7) is 9.69.